The van der Waals surface area contributed by atoms with Crippen LogP contribution in [0.2, 0.25) is 0 Å². The van der Waals surface area contributed by atoms with E-state index in [9.17, 15) is 0 Å². The van der Waals surface area contributed by atoms with Crippen LogP contribution in [-0.2, 0) is 0 Å². The minimum absolute atomic E-state index is 0.728. The van der Waals surface area contributed by atoms with E-state index in [0.29, 0.717) is 0 Å². The molecule has 0 aliphatic rings. The molecule has 2 aromatic carbocycles. The monoisotopic (exact) mass is 376 g/mol. The van der Waals surface area contributed by atoms with Crippen LogP contribution in [-0.4, -0.2) is 4.98 Å². The lowest BCUT2D eigenvalue weighted by molar-refractivity contribution is 1.39. The van der Waals surface area contributed by atoms with Crippen LogP contribution in [0, 0.1) is 0 Å². The van der Waals surface area contributed by atoms with E-state index >= 15 is 0 Å². The van der Waals surface area contributed by atoms with Gasteiger partial charge in [-0.2, -0.15) is 0 Å². The zero-order chi connectivity index (χ0) is 13.4. The normalized spacial score (nSPS) is 10.8. The molecule has 2 nitrogen and oxygen atoms in total. The Hall–Kier alpha value is -1.39. The molecule has 4 heteroatoms. The Morgan fingerprint density at radius 3 is 2.42 bits per heavy atom. The van der Waals surface area contributed by atoms with E-state index in [4.69, 9.17) is 10.7 Å². The van der Waals surface area contributed by atoms with Gasteiger partial charge in [-0.25, -0.2) is 4.98 Å². The second-order valence-corrected chi connectivity index (χ2v) is 6.02. The van der Waals surface area contributed by atoms with Gasteiger partial charge in [-0.3, -0.25) is 0 Å². The first-order valence-corrected chi connectivity index (χ1v) is 7.34. The van der Waals surface area contributed by atoms with Crippen LogP contribution in [0.4, 0.5) is 5.69 Å². The van der Waals surface area contributed by atoms with Crippen molar-refractivity contribution in [1.82, 2.24) is 4.98 Å². The number of rotatable bonds is 1. The van der Waals surface area contributed by atoms with Crippen molar-refractivity contribution >= 4 is 48.5 Å². The summed E-state index contributed by atoms with van der Waals surface area (Å²) in [6.45, 7) is 0. The molecule has 1 aromatic heterocycles. The topological polar surface area (TPSA) is 38.9 Å². The summed E-state index contributed by atoms with van der Waals surface area (Å²) in [5.41, 5.74) is 9.70. The van der Waals surface area contributed by atoms with Crippen LogP contribution in [0.1, 0.15) is 0 Å². The lowest BCUT2D eigenvalue weighted by Gasteiger charge is -2.08. The van der Waals surface area contributed by atoms with E-state index in [0.717, 1.165) is 36.8 Å². The van der Waals surface area contributed by atoms with Crippen molar-refractivity contribution in [2.75, 3.05) is 5.73 Å². The Balaban J connectivity index is 2.31. The molecule has 0 amide bonds. The first kappa shape index (κ1) is 12.6. The summed E-state index contributed by atoms with van der Waals surface area (Å²) in [7, 11) is 0. The van der Waals surface area contributed by atoms with Gasteiger partial charge < -0.3 is 5.73 Å². The van der Waals surface area contributed by atoms with Gasteiger partial charge in [0.1, 0.15) is 0 Å². The minimum atomic E-state index is 0.728. The van der Waals surface area contributed by atoms with Crippen LogP contribution < -0.4 is 5.73 Å². The van der Waals surface area contributed by atoms with Crippen LogP contribution in [0.15, 0.2) is 57.5 Å². The van der Waals surface area contributed by atoms with Crippen LogP contribution in [0.3, 0.4) is 0 Å². The molecule has 0 unspecified atom stereocenters. The SMILES string of the molecule is Nc1cc(-c2ccccc2)nc2c(Br)cc(Br)cc12. The van der Waals surface area contributed by atoms with Crippen molar-refractivity contribution in [3.05, 3.63) is 57.5 Å². The molecule has 0 aliphatic carbocycles. The van der Waals surface area contributed by atoms with Gasteiger partial charge >= 0.3 is 0 Å². The molecule has 3 aromatic rings. The van der Waals surface area contributed by atoms with Gasteiger partial charge in [0, 0.05) is 25.6 Å². The molecule has 2 N–H and O–H groups in total. The summed E-state index contributed by atoms with van der Waals surface area (Å²) in [6, 6.07) is 15.9. The quantitative estimate of drug-likeness (QED) is 0.647. The fourth-order valence-electron chi connectivity index (χ4n) is 2.03. The van der Waals surface area contributed by atoms with Crippen molar-refractivity contribution in [3.8, 4) is 11.3 Å². The molecule has 0 bridgehead atoms. The van der Waals surface area contributed by atoms with Gasteiger partial charge in [0.2, 0.25) is 0 Å². The third-order valence-electron chi connectivity index (χ3n) is 2.93. The molecule has 0 radical (unpaired) electrons. The molecular formula is C15H10Br2N2. The number of hydrogen-bond acceptors (Lipinski definition) is 2. The number of anilines is 1. The number of aromatic nitrogens is 1. The highest BCUT2D eigenvalue weighted by atomic mass is 79.9. The molecule has 19 heavy (non-hydrogen) atoms. The van der Waals surface area contributed by atoms with Crippen LogP contribution in [0.25, 0.3) is 22.2 Å². The number of nitrogens with two attached hydrogens (primary N) is 1. The van der Waals surface area contributed by atoms with Gasteiger partial charge in [0.05, 0.1) is 11.2 Å². The highest BCUT2D eigenvalue weighted by Crippen LogP contribution is 2.33. The second-order valence-electron chi connectivity index (χ2n) is 4.25. The van der Waals surface area contributed by atoms with Gasteiger partial charge in [-0.15, -0.1) is 0 Å². The predicted octanol–water partition coefficient (Wildman–Crippen LogP) is 5.01. The number of nitrogen functional groups attached to an aromatic ring is 1. The Labute approximate surface area is 127 Å². The minimum Gasteiger partial charge on any atom is -0.398 e. The highest BCUT2D eigenvalue weighted by molar-refractivity contribution is 9.11. The average molecular weight is 378 g/mol. The lowest BCUT2D eigenvalue weighted by Crippen LogP contribution is -1.93. The summed E-state index contributed by atoms with van der Waals surface area (Å²) < 4.78 is 1.91. The van der Waals surface area contributed by atoms with E-state index in [1.807, 2.05) is 48.5 Å². The van der Waals surface area contributed by atoms with Gasteiger partial charge in [0.15, 0.2) is 0 Å². The summed E-state index contributed by atoms with van der Waals surface area (Å²) in [4.78, 5) is 4.70. The van der Waals surface area contributed by atoms with Crippen molar-refractivity contribution in [2.45, 2.75) is 0 Å². The zero-order valence-corrected chi connectivity index (χ0v) is 13.1. The van der Waals surface area contributed by atoms with Crippen LogP contribution in [0.5, 0.6) is 0 Å². The number of nitrogens with zero attached hydrogens (tertiary/aromatic N) is 1. The Morgan fingerprint density at radius 1 is 0.947 bits per heavy atom. The number of hydrogen-bond donors (Lipinski definition) is 1. The van der Waals surface area contributed by atoms with Crippen molar-refractivity contribution in [2.24, 2.45) is 0 Å². The van der Waals surface area contributed by atoms with Gasteiger partial charge in [0.25, 0.3) is 0 Å². The first-order chi connectivity index (χ1) is 9.15. The third-order valence-corrected chi connectivity index (χ3v) is 4.00. The van der Waals surface area contributed by atoms with Crippen molar-refractivity contribution in [3.63, 3.8) is 0 Å². The smallest absolute Gasteiger partial charge is 0.0872 e. The van der Waals surface area contributed by atoms with E-state index < -0.39 is 0 Å². The van der Waals surface area contributed by atoms with E-state index in [1.165, 1.54) is 0 Å². The fourth-order valence-corrected chi connectivity index (χ4v) is 3.35. The third kappa shape index (κ3) is 2.38. The van der Waals surface area contributed by atoms with E-state index in [2.05, 4.69) is 31.9 Å². The highest BCUT2D eigenvalue weighted by Gasteiger charge is 2.09. The van der Waals surface area contributed by atoms with Gasteiger partial charge in [-0.05, 0) is 34.1 Å². The molecule has 94 valence electrons. The van der Waals surface area contributed by atoms with E-state index in [1.54, 1.807) is 0 Å². The molecule has 0 aliphatic heterocycles. The lowest BCUT2D eigenvalue weighted by atomic mass is 10.1. The van der Waals surface area contributed by atoms with Crippen LogP contribution >= 0.6 is 31.9 Å². The Kier molecular flexibility index (Phi) is 3.29. The Morgan fingerprint density at radius 2 is 1.68 bits per heavy atom. The van der Waals surface area contributed by atoms with Gasteiger partial charge in [-0.1, -0.05) is 46.3 Å². The summed E-state index contributed by atoms with van der Waals surface area (Å²) >= 11 is 7.01. The molecule has 0 saturated heterocycles. The molecular weight excluding hydrogens is 368 g/mol. The summed E-state index contributed by atoms with van der Waals surface area (Å²) in [6.07, 6.45) is 0. The number of fused-ring (bicyclic) bond motifs is 1. The molecule has 3 rings (SSSR count). The largest absolute Gasteiger partial charge is 0.398 e. The standard InChI is InChI=1S/C15H10Br2N2/c16-10-6-11-13(18)8-14(9-4-2-1-3-5-9)19-15(11)12(17)7-10/h1-8H,(H2,18,19). The molecule has 0 saturated carbocycles. The molecule has 0 spiro atoms. The molecule has 0 fully saturated rings. The summed E-state index contributed by atoms with van der Waals surface area (Å²) in [5.74, 6) is 0. The second kappa shape index (κ2) is 4.94. The average Bonchev–Trinajstić information content (AvgIpc) is 2.41. The number of halogens is 2. The zero-order valence-electron chi connectivity index (χ0n) is 9.90. The fraction of sp³-hybridized carbons (Fsp3) is 0. The molecule has 1 heterocycles. The maximum atomic E-state index is 6.15. The van der Waals surface area contributed by atoms with E-state index in [-0.39, 0.29) is 0 Å². The summed E-state index contributed by atoms with van der Waals surface area (Å²) in [5, 5.41) is 0.945. The van der Waals surface area contributed by atoms with Crippen molar-refractivity contribution in [1.29, 1.82) is 0 Å². The first-order valence-electron chi connectivity index (χ1n) is 5.76. The van der Waals surface area contributed by atoms with Crippen molar-refractivity contribution < 1.29 is 0 Å². The number of pyridine rings is 1. The Bertz CT molecular complexity index is 755. The predicted molar refractivity (Wildman–Crippen MR) is 87.0 cm³/mol. The maximum absolute atomic E-state index is 6.15. The molecule has 0 atom stereocenters. The maximum Gasteiger partial charge on any atom is 0.0872 e. The number of benzene rings is 2.